The molecule has 2 heterocycles. The summed E-state index contributed by atoms with van der Waals surface area (Å²) in [6.07, 6.45) is -1.86. The first-order valence-corrected chi connectivity index (χ1v) is 7.63. The van der Waals surface area contributed by atoms with Crippen LogP contribution in [0.4, 0.5) is 18.9 Å². The van der Waals surface area contributed by atoms with Crippen LogP contribution in [0.5, 0.6) is 5.88 Å². The van der Waals surface area contributed by atoms with Gasteiger partial charge < -0.3 is 10.1 Å². The van der Waals surface area contributed by atoms with Crippen molar-refractivity contribution < 1.29 is 22.7 Å². The van der Waals surface area contributed by atoms with Crippen LogP contribution in [-0.2, 0) is 0 Å². The minimum atomic E-state index is -4.53. The summed E-state index contributed by atoms with van der Waals surface area (Å²) in [5.74, 6) is -1.04. The van der Waals surface area contributed by atoms with Crippen molar-refractivity contribution in [3.63, 3.8) is 0 Å². The van der Waals surface area contributed by atoms with E-state index in [1.54, 1.807) is 25.1 Å². The van der Waals surface area contributed by atoms with Crippen LogP contribution in [0, 0.1) is 6.92 Å². The van der Waals surface area contributed by atoms with Crippen molar-refractivity contribution in [2.24, 2.45) is 0 Å². The number of amides is 1. The Morgan fingerprint density at radius 1 is 1.30 bits per heavy atom. The Hall–Kier alpha value is -3.50. The van der Waals surface area contributed by atoms with Gasteiger partial charge in [0.15, 0.2) is 6.61 Å². The number of nitrogens with zero attached hydrogens (tertiary/aromatic N) is 5. The molecule has 0 atom stereocenters. The van der Waals surface area contributed by atoms with Gasteiger partial charge in [0.1, 0.15) is 11.9 Å². The SMILES string of the molecule is Cc1cc(NC(=O)c2cccnc2OCC(F)(F)F)ccc1-n1cnnn1. The summed E-state index contributed by atoms with van der Waals surface area (Å²) in [6.45, 7) is 0.263. The van der Waals surface area contributed by atoms with Crippen LogP contribution >= 0.6 is 0 Å². The van der Waals surface area contributed by atoms with Crippen LogP contribution in [0.15, 0.2) is 42.9 Å². The molecule has 2 aromatic heterocycles. The maximum Gasteiger partial charge on any atom is 0.422 e. The molecule has 8 nitrogen and oxygen atoms in total. The molecule has 0 radical (unpaired) electrons. The van der Waals surface area contributed by atoms with E-state index in [0.29, 0.717) is 11.4 Å². The molecule has 3 aromatic rings. The van der Waals surface area contributed by atoms with E-state index in [0.717, 1.165) is 5.56 Å². The van der Waals surface area contributed by atoms with Crippen molar-refractivity contribution in [1.29, 1.82) is 0 Å². The molecular weight excluding hydrogens is 365 g/mol. The summed E-state index contributed by atoms with van der Waals surface area (Å²) in [5.41, 5.74) is 1.83. The monoisotopic (exact) mass is 378 g/mol. The number of rotatable bonds is 5. The van der Waals surface area contributed by atoms with Crippen LogP contribution in [-0.4, -0.2) is 43.9 Å². The molecule has 0 aliphatic rings. The molecule has 3 rings (SSSR count). The quantitative estimate of drug-likeness (QED) is 0.733. The molecule has 0 unspecified atom stereocenters. The van der Waals surface area contributed by atoms with Gasteiger partial charge in [-0.2, -0.15) is 13.2 Å². The predicted octanol–water partition coefficient (Wildman–Crippen LogP) is 2.56. The second-order valence-corrected chi connectivity index (χ2v) is 5.47. The third-order valence-electron chi connectivity index (χ3n) is 3.44. The van der Waals surface area contributed by atoms with Crippen molar-refractivity contribution in [3.05, 3.63) is 54.0 Å². The average molecular weight is 378 g/mol. The van der Waals surface area contributed by atoms with Gasteiger partial charge in [0.2, 0.25) is 5.88 Å². The van der Waals surface area contributed by atoms with Gasteiger partial charge in [0, 0.05) is 11.9 Å². The molecule has 27 heavy (non-hydrogen) atoms. The molecule has 0 aliphatic heterocycles. The predicted molar refractivity (Wildman–Crippen MR) is 87.6 cm³/mol. The highest BCUT2D eigenvalue weighted by molar-refractivity contribution is 6.05. The van der Waals surface area contributed by atoms with Gasteiger partial charge in [-0.25, -0.2) is 9.67 Å². The lowest BCUT2D eigenvalue weighted by molar-refractivity contribution is -0.154. The molecule has 1 aromatic carbocycles. The number of ether oxygens (including phenoxy) is 1. The summed E-state index contributed by atoms with van der Waals surface area (Å²) in [5, 5.41) is 13.5. The molecule has 0 saturated heterocycles. The van der Waals surface area contributed by atoms with E-state index in [1.807, 2.05) is 0 Å². The Balaban J connectivity index is 1.77. The fourth-order valence-electron chi connectivity index (χ4n) is 2.29. The van der Waals surface area contributed by atoms with Crippen molar-refractivity contribution in [2.75, 3.05) is 11.9 Å². The Morgan fingerprint density at radius 2 is 2.11 bits per heavy atom. The number of tetrazole rings is 1. The Kier molecular flexibility index (Phi) is 5.01. The molecule has 140 valence electrons. The lowest BCUT2D eigenvalue weighted by Crippen LogP contribution is -2.22. The van der Waals surface area contributed by atoms with Crippen LogP contribution in [0.3, 0.4) is 0 Å². The number of halogens is 3. The molecule has 0 fully saturated rings. The lowest BCUT2D eigenvalue weighted by atomic mass is 10.1. The van der Waals surface area contributed by atoms with Crippen LogP contribution in [0.1, 0.15) is 15.9 Å². The normalized spacial score (nSPS) is 11.3. The van der Waals surface area contributed by atoms with Gasteiger partial charge in [-0.3, -0.25) is 4.79 Å². The number of pyridine rings is 1. The van der Waals surface area contributed by atoms with E-state index in [-0.39, 0.29) is 5.56 Å². The fourth-order valence-corrected chi connectivity index (χ4v) is 2.29. The summed E-state index contributed by atoms with van der Waals surface area (Å²) in [6, 6.07) is 7.76. The highest BCUT2D eigenvalue weighted by atomic mass is 19.4. The highest BCUT2D eigenvalue weighted by Gasteiger charge is 2.29. The van der Waals surface area contributed by atoms with Crippen LogP contribution in [0.2, 0.25) is 0 Å². The second kappa shape index (κ2) is 7.40. The largest absolute Gasteiger partial charge is 0.467 e. The van der Waals surface area contributed by atoms with Gasteiger partial charge in [-0.05, 0) is 53.2 Å². The van der Waals surface area contributed by atoms with E-state index in [1.165, 1.54) is 29.3 Å². The van der Waals surface area contributed by atoms with Gasteiger partial charge in [-0.1, -0.05) is 0 Å². The molecule has 0 aliphatic carbocycles. The number of alkyl halides is 3. The number of hydrogen-bond acceptors (Lipinski definition) is 6. The van der Waals surface area contributed by atoms with Crippen molar-refractivity contribution in [1.82, 2.24) is 25.2 Å². The number of nitrogens with one attached hydrogen (secondary N) is 1. The minimum Gasteiger partial charge on any atom is -0.467 e. The number of carbonyl (C=O) groups is 1. The third kappa shape index (κ3) is 4.57. The first-order valence-electron chi connectivity index (χ1n) is 7.63. The fraction of sp³-hybridized carbons (Fsp3) is 0.188. The van der Waals surface area contributed by atoms with Crippen LogP contribution in [0.25, 0.3) is 5.69 Å². The number of aromatic nitrogens is 5. The van der Waals surface area contributed by atoms with Crippen LogP contribution < -0.4 is 10.1 Å². The zero-order chi connectivity index (χ0) is 19.4. The van der Waals surface area contributed by atoms with E-state index in [2.05, 4.69) is 30.6 Å². The number of carbonyl (C=O) groups excluding carboxylic acids is 1. The molecule has 1 N–H and O–H groups in total. The van der Waals surface area contributed by atoms with E-state index in [4.69, 9.17) is 0 Å². The van der Waals surface area contributed by atoms with Crippen molar-refractivity contribution in [2.45, 2.75) is 13.1 Å². The highest BCUT2D eigenvalue weighted by Crippen LogP contribution is 2.22. The van der Waals surface area contributed by atoms with Gasteiger partial charge in [-0.15, -0.1) is 5.10 Å². The molecule has 1 amide bonds. The Bertz CT molecular complexity index is 944. The first-order chi connectivity index (χ1) is 12.8. The molecule has 0 bridgehead atoms. The Morgan fingerprint density at radius 3 is 2.78 bits per heavy atom. The lowest BCUT2D eigenvalue weighted by Gasteiger charge is -2.13. The standard InChI is InChI=1S/C16H13F3N6O2/c1-10-7-11(4-5-13(10)25-9-21-23-24-25)22-14(26)12-3-2-6-20-15(12)27-8-16(17,18)19/h2-7,9H,8H2,1H3,(H,22,26). The minimum absolute atomic E-state index is 0.107. The molecule has 0 saturated carbocycles. The second-order valence-electron chi connectivity index (χ2n) is 5.47. The summed E-state index contributed by atoms with van der Waals surface area (Å²) >= 11 is 0. The maximum atomic E-state index is 12.4. The van der Waals surface area contributed by atoms with Gasteiger partial charge in [0.05, 0.1) is 5.69 Å². The van der Waals surface area contributed by atoms with Crippen molar-refractivity contribution in [3.8, 4) is 11.6 Å². The zero-order valence-electron chi connectivity index (χ0n) is 13.9. The number of hydrogen-bond donors (Lipinski definition) is 1. The van der Waals surface area contributed by atoms with Crippen molar-refractivity contribution >= 4 is 11.6 Å². The summed E-state index contributed by atoms with van der Waals surface area (Å²) in [4.78, 5) is 16.1. The maximum absolute atomic E-state index is 12.4. The smallest absolute Gasteiger partial charge is 0.422 e. The first kappa shape index (κ1) is 18.3. The topological polar surface area (TPSA) is 94.8 Å². The van der Waals surface area contributed by atoms with Gasteiger partial charge >= 0.3 is 6.18 Å². The number of aryl methyl sites for hydroxylation is 1. The third-order valence-corrected chi connectivity index (χ3v) is 3.44. The Labute approximate surface area is 151 Å². The average Bonchev–Trinajstić information content (AvgIpc) is 3.14. The molecule has 11 heteroatoms. The van der Waals surface area contributed by atoms with E-state index >= 15 is 0 Å². The summed E-state index contributed by atoms with van der Waals surface area (Å²) < 4.78 is 43.1. The molecular formula is C16H13F3N6O2. The number of benzene rings is 1. The van der Waals surface area contributed by atoms with E-state index < -0.39 is 24.6 Å². The van der Waals surface area contributed by atoms with E-state index in [9.17, 15) is 18.0 Å². The zero-order valence-corrected chi connectivity index (χ0v) is 13.9. The molecule has 0 spiro atoms. The number of anilines is 1. The van der Waals surface area contributed by atoms with Gasteiger partial charge in [0.25, 0.3) is 5.91 Å². The summed E-state index contributed by atoms with van der Waals surface area (Å²) in [7, 11) is 0.